The lowest BCUT2D eigenvalue weighted by Gasteiger charge is -2.26. The number of nitrogens with one attached hydrogen (secondary N) is 1. The second kappa shape index (κ2) is 6.86. The zero-order valence-corrected chi connectivity index (χ0v) is 15.6. The lowest BCUT2D eigenvalue weighted by molar-refractivity contribution is -0.118. The van der Waals surface area contributed by atoms with Gasteiger partial charge in [-0.2, -0.15) is 4.31 Å². The van der Waals surface area contributed by atoms with Gasteiger partial charge in [-0.15, -0.1) is 0 Å². The molecule has 1 unspecified atom stereocenters. The van der Waals surface area contributed by atoms with Crippen LogP contribution in [0.3, 0.4) is 0 Å². The number of amides is 1. The van der Waals surface area contributed by atoms with Crippen LogP contribution < -0.4 is 10.1 Å². The molecule has 0 aromatic heterocycles. The third-order valence-electron chi connectivity index (χ3n) is 4.22. The van der Waals surface area contributed by atoms with Gasteiger partial charge in [0.05, 0.1) is 10.7 Å². The molecule has 2 aromatic carbocycles. The number of nitrogens with zero attached hydrogens (tertiary/aromatic N) is 1. The summed E-state index contributed by atoms with van der Waals surface area (Å²) in [6, 6.07) is 7.69. The number of hydrogen-bond acceptors (Lipinski definition) is 4. The summed E-state index contributed by atoms with van der Waals surface area (Å²) < 4.78 is 45.5. The molecule has 1 amide bonds. The minimum atomic E-state index is -3.96. The molecule has 2 aromatic rings. The number of fused-ring (bicyclic) bond motifs is 1. The van der Waals surface area contributed by atoms with E-state index in [9.17, 15) is 17.6 Å². The monoisotopic (exact) mass is 398 g/mol. The molecule has 0 saturated heterocycles. The zero-order chi connectivity index (χ0) is 19.1. The van der Waals surface area contributed by atoms with Gasteiger partial charge in [0.25, 0.3) is 5.91 Å². The Morgan fingerprint density at radius 3 is 2.58 bits per heavy atom. The van der Waals surface area contributed by atoms with Crippen LogP contribution in [0.1, 0.15) is 18.5 Å². The molecule has 138 valence electrons. The summed E-state index contributed by atoms with van der Waals surface area (Å²) in [5.41, 5.74) is 0.953. The normalized spacial score (nSPS) is 15.2. The van der Waals surface area contributed by atoms with Crippen LogP contribution in [0, 0.1) is 5.82 Å². The van der Waals surface area contributed by atoms with Crippen molar-refractivity contribution in [3.63, 3.8) is 0 Å². The van der Waals surface area contributed by atoms with Crippen LogP contribution in [0.4, 0.5) is 10.1 Å². The van der Waals surface area contributed by atoms with E-state index >= 15 is 0 Å². The standard InChI is InChI=1S/C17H16ClFN2O4S/c1-10(11-3-5-12(19)6-4-11)21(2)26(23,24)16-8-15-14(7-13(16)18)20-17(22)9-25-15/h3-8,10H,9H2,1-2H3,(H,20,22). The highest BCUT2D eigenvalue weighted by molar-refractivity contribution is 7.89. The molecule has 1 aliphatic heterocycles. The van der Waals surface area contributed by atoms with Crippen molar-refractivity contribution in [1.82, 2.24) is 4.31 Å². The number of benzene rings is 2. The van der Waals surface area contributed by atoms with E-state index in [0.29, 0.717) is 11.3 Å². The summed E-state index contributed by atoms with van der Waals surface area (Å²) in [7, 11) is -2.54. The summed E-state index contributed by atoms with van der Waals surface area (Å²) in [5.74, 6) is -0.509. The fraction of sp³-hybridized carbons (Fsp3) is 0.235. The topological polar surface area (TPSA) is 75.7 Å². The van der Waals surface area contributed by atoms with Gasteiger partial charge in [0.1, 0.15) is 16.5 Å². The van der Waals surface area contributed by atoms with Crippen molar-refractivity contribution in [2.24, 2.45) is 0 Å². The van der Waals surface area contributed by atoms with E-state index in [0.717, 1.165) is 4.31 Å². The molecule has 0 spiro atoms. The molecule has 0 aliphatic carbocycles. The number of anilines is 1. The van der Waals surface area contributed by atoms with Gasteiger partial charge in [0, 0.05) is 19.2 Å². The molecule has 0 fully saturated rings. The minimum absolute atomic E-state index is 0.0345. The van der Waals surface area contributed by atoms with E-state index in [-0.39, 0.29) is 28.2 Å². The number of hydrogen-bond donors (Lipinski definition) is 1. The highest BCUT2D eigenvalue weighted by Gasteiger charge is 2.30. The SMILES string of the molecule is CC(c1ccc(F)cc1)N(C)S(=O)(=O)c1cc2c(cc1Cl)NC(=O)CO2. The molecule has 0 bridgehead atoms. The summed E-state index contributed by atoms with van der Waals surface area (Å²) >= 11 is 6.15. The first-order chi connectivity index (χ1) is 12.2. The highest BCUT2D eigenvalue weighted by Crippen LogP contribution is 2.38. The second-order valence-electron chi connectivity index (χ2n) is 5.86. The third kappa shape index (κ3) is 3.40. The van der Waals surface area contributed by atoms with Gasteiger partial charge >= 0.3 is 0 Å². The molecule has 3 rings (SSSR count). The van der Waals surface area contributed by atoms with E-state index in [1.54, 1.807) is 6.92 Å². The second-order valence-corrected chi connectivity index (χ2v) is 8.24. The largest absolute Gasteiger partial charge is 0.482 e. The van der Waals surface area contributed by atoms with Crippen molar-refractivity contribution in [2.45, 2.75) is 17.9 Å². The van der Waals surface area contributed by atoms with Gasteiger partial charge in [0.2, 0.25) is 10.0 Å². The van der Waals surface area contributed by atoms with E-state index in [1.807, 2.05) is 0 Å². The van der Waals surface area contributed by atoms with Gasteiger partial charge in [-0.05, 0) is 30.7 Å². The Labute approximate surface area is 155 Å². The predicted octanol–water partition coefficient (Wildman–Crippen LogP) is 3.19. The number of rotatable bonds is 4. The Hall–Kier alpha value is -2.16. The van der Waals surface area contributed by atoms with E-state index in [1.165, 1.54) is 43.4 Å². The molecular weight excluding hydrogens is 383 g/mol. The smallest absolute Gasteiger partial charge is 0.262 e. The molecule has 26 heavy (non-hydrogen) atoms. The van der Waals surface area contributed by atoms with Gasteiger partial charge in [-0.1, -0.05) is 23.7 Å². The van der Waals surface area contributed by atoms with E-state index < -0.39 is 21.9 Å². The van der Waals surface area contributed by atoms with Crippen LogP contribution in [0.25, 0.3) is 0 Å². The zero-order valence-electron chi connectivity index (χ0n) is 14.0. The van der Waals surface area contributed by atoms with Crippen LogP contribution >= 0.6 is 11.6 Å². The van der Waals surface area contributed by atoms with Crippen molar-refractivity contribution in [3.8, 4) is 5.75 Å². The van der Waals surface area contributed by atoms with Gasteiger partial charge < -0.3 is 10.1 Å². The van der Waals surface area contributed by atoms with Crippen molar-refractivity contribution in [3.05, 3.63) is 52.8 Å². The van der Waals surface area contributed by atoms with Crippen LogP contribution in [0.5, 0.6) is 5.75 Å². The van der Waals surface area contributed by atoms with E-state index in [4.69, 9.17) is 16.3 Å². The number of ether oxygens (including phenoxy) is 1. The Bertz CT molecular complexity index is 963. The maximum atomic E-state index is 13.1. The molecule has 1 aliphatic rings. The number of halogens is 2. The maximum Gasteiger partial charge on any atom is 0.262 e. The van der Waals surface area contributed by atoms with Crippen LogP contribution in [0.15, 0.2) is 41.3 Å². The molecule has 6 nitrogen and oxygen atoms in total. The van der Waals surface area contributed by atoms with E-state index in [2.05, 4.69) is 5.32 Å². The van der Waals surface area contributed by atoms with Crippen molar-refractivity contribution >= 4 is 33.2 Å². The molecule has 1 atom stereocenters. The summed E-state index contributed by atoms with van der Waals surface area (Å²) in [5, 5.41) is 2.54. The Morgan fingerprint density at radius 1 is 1.27 bits per heavy atom. The van der Waals surface area contributed by atoms with Crippen LogP contribution in [0.2, 0.25) is 5.02 Å². The molecule has 0 saturated carbocycles. The Kier molecular flexibility index (Phi) is 4.92. The highest BCUT2D eigenvalue weighted by atomic mass is 35.5. The molecule has 1 N–H and O–H groups in total. The average molecular weight is 399 g/mol. The first kappa shape index (κ1) is 18.6. The first-order valence-corrected chi connectivity index (χ1v) is 9.51. The minimum Gasteiger partial charge on any atom is -0.482 e. The Morgan fingerprint density at radius 2 is 1.92 bits per heavy atom. The lowest BCUT2D eigenvalue weighted by Crippen LogP contribution is -2.30. The summed E-state index contributed by atoms with van der Waals surface area (Å²) in [4.78, 5) is 11.2. The summed E-state index contributed by atoms with van der Waals surface area (Å²) in [6.07, 6.45) is 0. The fourth-order valence-electron chi connectivity index (χ4n) is 2.59. The van der Waals surface area contributed by atoms with Crippen molar-refractivity contribution in [2.75, 3.05) is 19.0 Å². The third-order valence-corrected chi connectivity index (χ3v) is 6.61. The quantitative estimate of drug-likeness (QED) is 0.858. The number of carbonyl (C=O) groups is 1. The molecule has 9 heteroatoms. The van der Waals surface area contributed by atoms with Crippen molar-refractivity contribution in [1.29, 1.82) is 0 Å². The Balaban J connectivity index is 1.97. The average Bonchev–Trinajstić information content (AvgIpc) is 2.60. The number of sulfonamides is 1. The van der Waals surface area contributed by atoms with Crippen LogP contribution in [-0.4, -0.2) is 32.3 Å². The summed E-state index contributed by atoms with van der Waals surface area (Å²) in [6.45, 7) is 1.49. The van der Waals surface area contributed by atoms with Gasteiger partial charge in [-0.25, -0.2) is 12.8 Å². The molecule has 0 radical (unpaired) electrons. The molecular formula is C17H16ClFN2O4S. The predicted molar refractivity (Wildman–Crippen MR) is 95.3 cm³/mol. The number of carbonyl (C=O) groups excluding carboxylic acids is 1. The lowest BCUT2D eigenvalue weighted by atomic mass is 10.1. The van der Waals surface area contributed by atoms with Crippen molar-refractivity contribution < 1.29 is 22.3 Å². The molecule has 1 heterocycles. The maximum absolute atomic E-state index is 13.1. The van der Waals surface area contributed by atoms with Gasteiger partial charge in [-0.3, -0.25) is 4.79 Å². The van der Waals surface area contributed by atoms with Gasteiger partial charge in [0.15, 0.2) is 6.61 Å². The first-order valence-electron chi connectivity index (χ1n) is 7.70. The van der Waals surface area contributed by atoms with Crippen LogP contribution in [-0.2, 0) is 14.8 Å². The fourth-order valence-corrected chi connectivity index (χ4v) is 4.46.